The smallest absolute Gasteiger partial charge is 0.266 e. The standard InChI is InChI=1S/C33H22N4O3S/c1-16(2)21-6-5-7-22(17(3)4)30(21)37-32(38)24-11-19(14-35)27-23-10-18(13-34)8-9-26(23)41(40)31-20(15-36)12-25(33(37)39)28(24)29(27)31/h5-12,16-17H,1-4H3. The van der Waals surface area contributed by atoms with Crippen molar-refractivity contribution < 1.29 is 13.8 Å². The van der Waals surface area contributed by atoms with E-state index in [-0.39, 0.29) is 49.8 Å². The third kappa shape index (κ3) is 3.50. The van der Waals surface area contributed by atoms with Gasteiger partial charge < -0.3 is 0 Å². The number of anilines is 1. The SMILES string of the molecule is CC(C)c1cccc(C(C)C)c1N1C(=O)c2cc(C#N)c3c4c(c(C#N)cc(c24)C1=O)S(=O)c1ccc(C#N)cc1-3. The molecule has 0 saturated heterocycles. The van der Waals surface area contributed by atoms with E-state index in [0.717, 1.165) is 11.1 Å². The van der Waals surface area contributed by atoms with E-state index < -0.39 is 22.6 Å². The maximum Gasteiger partial charge on any atom is 0.266 e. The molecule has 2 heterocycles. The summed E-state index contributed by atoms with van der Waals surface area (Å²) in [5.74, 6) is -1.17. The molecule has 0 saturated carbocycles. The number of imide groups is 1. The normalized spacial score (nSPS) is 15.1. The van der Waals surface area contributed by atoms with Crippen molar-refractivity contribution in [3.63, 3.8) is 0 Å². The first-order valence-electron chi connectivity index (χ1n) is 13.1. The highest BCUT2D eigenvalue weighted by atomic mass is 32.2. The molecule has 1 unspecified atom stereocenters. The van der Waals surface area contributed by atoms with Gasteiger partial charge in [-0.1, -0.05) is 45.9 Å². The first-order valence-corrected chi connectivity index (χ1v) is 14.2. The number of carbonyl (C=O) groups is 2. The van der Waals surface area contributed by atoms with Crippen LogP contribution in [0.1, 0.15) is 88.1 Å². The minimum absolute atomic E-state index is 0.00124. The van der Waals surface area contributed by atoms with Crippen LogP contribution in [0.5, 0.6) is 0 Å². The van der Waals surface area contributed by atoms with E-state index in [1.165, 1.54) is 23.1 Å². The minimum Gasteiger partial charge on any atom is -0.268 e. The van der Waals surface area contributed by atoms with Crippen LogP contribution in [0.2, 0.25) is 0 Å². The molecule has 1 atom stereocenters. The molecule has 0 aliphatic carbocycles. The number of benzene rings is 4. The van der Waals surface area contributed by atoms with E-state index in [0.29, 0.717) is 27.3 Å². The first-order chi connectivity index (χ1) is 19.6. The van der Waals surface area contributed by atoms with Crippen molar-refractivity contribution >= 4 is 39.1 Å². The van der Waals surface area contributed by atoms with Crippen LogP contribution < -0.4 is 4.90 Å². The second kappa shape index (κ2) is 9.24. The third-order valence-corrected chi connectivity index (χ3v) is 9.34. The van der Waals surface area contributed by atoms with Crippen molar-refractivity contribution in [3.05, 3.63) is 87.5 Å². The zero-order valence-electron chi connectivity index (χ0n) is 22.7. The van der Waals surface area contributed by atoms with Gasteiger partial charge in [-0.15, -0.1) is 0 Å². The van der Waals surface area contributed by atoms with Crippen LogP contribution >= 0.6 is 0 Å². The number of rotatable bonds is 3. The van der Waals surface area contributed by atoms with Gasteiger partial charge in [0.15, 0.2) is 0 Å². The van der Waals surface area contributed by atoms with E-state index in [9.17, 15) is 29.6 Å². The molecule has 41 heavy (non-hydrogen) atoms. The molecule has 6 rings (SSSR count). The van der Waals surface area contributed by atoms with Gasteiger partial charge in [-0.3, -0.25) is 9.59 Å². The van der Waals surface area contributed by atoms with Crippen LogP contribution in [0.25, 0.3) is 21.9 Å². The van der Waals surface area contributed by atoms with Gasteiger partial charge in [0.05, 0.1) is 66.2 Å². The summed E-state index contributed by atoms with van der Waals surface area (Å²) in [5, 5.41) is 30.5. The Balaban J connectivity index is 1.77. The molecular formula is C33H22N4O3S. The average molecular weight is 555 g/mol. The van der Waals surface area contributed by atoms with Crippen LogP contribution in [0.15, 0.2) is 58.3 Å². The van der Waals surface area contributed by atoms with Crippen LogP contribution in [0, 0.1) is 34.0 Å². The molecule has 0 bridgehead atoms. The van der Waals surface area contributed by atoms with Gasteiger partial charge >= 0.3 is 0 Å². The van der Waals surface area contributed by atoms with Crippen molar-refractivity contribution in [3.8, 4) is 29.3 Å². The van der Waals surface area contributed by atoms with Crippen LogP contribution in [-0.4, -0.2) is 16.0 Å². The highest BCUT2D eigenvalue weighted by Crippen LogP contribution is 2.50. The van der Waals surface area contributed by atoms with Crippen LogP contribution in [0.4, 0.5) is 5.69 Å². The fraction of sp³-hybridized carbons (Fsp3) is 0.182. The predicted octanol–water partition coefficient (Wildman–Crippen LogP) is 6.65. The Labute approximate surface area is 239 Å². The third-order valence-electron chi connectivity index (χ3n) is 7.79. The molecule has 4 aromatic carbocycles. The Kier molecular flexibility index (Phi) is 5.89. The average Bonchev–Trinajstić information content (AvgIpc) is 2.97. The lowest BCUT2D eigenvalue weighted by Crippen LogP contribution is -2.42. The molecule has 7 nitrogen and oxygen atoms in total. The molecule has 0 aromatic heterocycles. The highest BCUT2D eigenvalue weighted by Gasteiger charge is 2.41. The van der Waals surface area contributed by atoms with Crippen molar-refractivity contribution in [2.24, 2.45) is 0 Å². The lowest BCUT2D eigenvalue weighted by atomic mass is 9.83. The number of nitriles is 3. The van der Waals surface area contributed by atoms with E-state index in [1.54, 1.807) is 12.1 Å². The lowest BCUT2D eigenvalue weighted by Gasteiger charge is -2.34. The highest BCUT2D eigenvalue weighted by molar-refractivity contribution is 7.85. The van der Waals surface area contributed by atoms with Gasteiger partial charge in [-0.05, 0) is 53.3 Å². The van der Waals surface area contributed by atoms with Crippen LogP contribution in [-0.2, 0) is 10.8 Å². The zero-order valence-corrected chi connectivity index (χ0v) is 23.5. The Morgan fingerprint density at radius 1 is 0.732 bits per heavy atom. The number of amides is 2. The molecule has 0 spiro atoms. The Morgan fingerprint density at radius 2 is 1.32 bits per heavy atom. The number of carbonyl (C=O) groups excluding carboxylic acids is 2. The van der Waals surface area contributed by atoms with Crippen LogP contribution in [0.3, 0.4) is 0 Å². The Hall–Kier alpha value is -5.10. The monoisotopic (exact) mass is 554 g/mol. The van der Waals surface area contributed by atoms with Crippen molar-refractivity contribution in [2.75, 3.05) is 4.90 Å². The number of hydrogen-bond donors (Lipinski definition) is 0. The van der Waals surface area contributed by atoms with Gasteiger partial charge in [-0.2, -0.15) is 15.8 Å². The largest absolute Gasteiger partial charge is 0.268 e. The summed E-state index contributed by atoms with van der Waals surface area (Å²) in [7, 11) is -1.85. The van der Waals surface area contributed by atoms with Gasteiger partial charge in [0.25, 0.3) is 11.8 Å². The van der Waals surface area contributed by atoms with Crippen molar-refractivity contribution in [1.29, 1.82) is 15.8 Å². The molecule has 2 amide bonds. The molecule has 0 radical (unpaired) electrons. The number of hydrogen-bond acceptors (Lipinski definition) is 6. The quantitative estimate of drug-likeness (QED) is 0.230. The molecule has 8 heteroatoms. The summed E-state index contributed by atoms with van der Waals surface area (Å²) in [6.07, 6.45) is 0. The Morgan fingerprint density at radius 3 is 1.85 bits per heavy atom. The van der Waals surface area contributed by atoms with Gasteiger partial charge in [-0.25, -0.2) is 9.11 Å². The second-order valence-electron chi connectivity index (χ2n) is 10.8. The van der Waals surface area contributed by atoms with Gasteiger partial charge in [0, 0.05) is 21.9 Å². The number of para-hydroxylation sites is 1. The molecule has 0 fully saturated rings. The first kappa shape index (κ1) is 26.1. The summed E-state index contributed by atoms with van der Waals surface area (Å²) in [6, 6.07) is 19.6. The molecule has 2 aliphatic rings. The molecule has 0 N–H and O–H groups in total. The van der Waals surface area contributed by atoms with Crippen molar-refractivity contribution in [2.45, 2.75) is 49.3 Å². The second-order valence-corrected chi connectivity index (χ2v) is 12.1. The molecule has 4 aromatic rings. The molecular weight excluding hydrogens is 532 g/mol. The van der Waals surface area contributed by atoms with Gasteiger partial charge in [0.1, 0.15) is 6.07 Å². The maximum absolute atomic E-state index is 14.4. The molecule has 2 aliphatic heterocycles. The fourth-order valence-corrected chi connectivity index (χ4v) is 7.43. The van der Waals surface area contributed by atoms with E-state index in [2.05, 4.69) is 18.2 Å². The summed E-state index contributed by atoms with van der Waals surface area (Å²) < 4.78 is 13.9. The van der Waals surface area contributed by atoms with E-state index in [4.69, 9.17) is 0 Å². The fourth-order valence-electron chi connectivity index (χ4n) is 5.96. The summed E-state index contributed by atoms with van der Waals surface area (Å²) >= 11 is 0. The lowest BCUT2D eigenvalue weighted by molar-refractivity contribution is 0.0892. The summed E-state index contributed by atoms with van der Waals surface area (Å²) in [6.45, 7) is 7.96. The number of nitrogens with zero attached hydrogens (tertiary/aromatic N) is 4. The molecule has 198 valence electrons. The van der Waals surface area contributed by atoms with Gasteiger partial charge in [0.2, 0.25) is 0 Å². The Bertz CT molecular complexity index is 2010. The van der Waals surface area contributed by atoms with E-state index in [1.807, 2.05) is 45.9 Å². The van der Waals surface area contributed by atoms with Crippen molar-refractivity contribution in [1.82, 2.24) is 0 Å². The zero-order chi connectivity index (χ0) is 29.3. The summed E-state index contributed by atoms with van der Waals surface area (Å²) in [4.78, 5) is 30.4. The maximum atomic E-state index is 14.4. The minimum atomic E-state index is -1.85. The summed E-state index contributed by atoms with van der Waals surface area (Å²) in [5.41, 5.74) is 3.67. The number of fused-ring (bicyclic) bond motifs is 2. The topological polar surface area (TPSA) is 126 Å². The van der Waals surface area contributed by atoms with E-state index >= 15 is 0 Å². The predicted molar refractivity (Wildman–Crippen MR) is 154 cm³/mol.